The van der Waals surface area contributed by atoms with Crippen LogP contribution in [-0.2, 0) is 27.4 Å². The Morgan fingerprint density at radius 3 is 1.95 bits per heavy atom. The van der Waals surface area contributed by atoms with Crippen LogP contribution in [0.4, 0.5) is 0 Å². The quantitative estimate of drug-likeness (QED) is 0.284. The highest BCUT2D eigenvalue weighted by atomic mass is 16.5. The molecule has 8 nitrogen and oxygen atoms in total. The predicted octanol–water partition coefficient (Wildman–Crippen LogP) is 5.60. The Hall–Kier alpha value is -3.94. The molecule has 0 unspecified atom stereocenters. The third kappa shape index (κ3) is 5.53. The summed E-state index contributed by atoms with van der Waals surface area (Å²) in [5.41, 5.74) is -2.65. The van der Waals surface area contributed by atoms with Crippen molar-refractivity contribution in [1.29, 1.82) is 0 Å². The number of esters is 1. The molecule has 0 bridgehead atoms. The lowest BCUT2D eigenvalue weighted by molar-refractivity contribution is -0.142. The van der Waals surface area contributed by atoms with Crippen LogP contribution in [0.3, 0.4) is 0 Å². The fraction of sp³-hybridized carbons (Fsp3) is 0.438. The molecule has 0 saturated carbocycles. The molecule has 2 aromatic carbocycles. The molecule has 1 aliphatic rings. The number of rotatable bonds is 8. The molecule has 212 valence electrons. The van der Waals surface area contributed by atoms with Crippen molar-refractivity contribution in [3.8, 4) is 5.75 Å². The van der Waals surface area contributed by atoms with Crippen LogP contribution in [0.2, 0.25) is 0 Å². The first-order valence-electron chi connectivity index (χ1n) is 13.3. The van der Waals surface area contributed by atoms with Crippen molar-refractivity contribution in [3.63, 3.8) is 0 Å². The number of ether oxygens (including phenoxy) is 1. The van der Waals surface area contributed by atoms with Gasteiger partial charge in [-0.1, -0.05) is 66.7 Å². The second-order valence-electron chi connectivity index (χ2n) is 12.1. The number of hydrogen-bond acceptors (Lipinski definition) is 8. The zero-order valence-corrected chi connectivity index (χ0v) is 24.4. The fourth-order valence-corrected chi connectivity index (χ4v) is 4.80. The molecule has 0 spiro atoms. The summed E-state index contributed by atoms with van der Waals surface area (Å²) in [6.45, 7) is 12.4. The van der Waals surface area contributed by atoms with Gasteiger partial charge in [-0.3, -0.25) is 28.8 Å². The highest BCUT2D eigenvalue weighted by Gasteiger charge is 2.43. The third-order valence-electron chi connectivity index (χ3n) is 6.98. The van der Waals surface area contributed by atoms with Gasteiger partial charge in [0.1, 0.15) is 18.1 Å². The average Bonchev–Trinajstić information content (AvgIpc) is 2.86. The molecule has 0 aromatic heterocycles. The predicted molar refractivity (Wildman–Crippen MR) is 148 cm³/mol. The number of carbonyl (C=O) groups is 6. The standard InChI is InChI=1S/C32H36O8/c1-9-17(34)13-14-18-21(15-40-16(2)33)27(36)25-24(23(18)30(39)32(6,7)8)28(37)22-19(26(25)35)11-10-12-20(22)29(38)31(3,4)5/h10-12,36H,9,13-15H2,1-8H3. The number of phenolic OH excluding ortho intramolecular Hbond substituents is 1. The van der Waals surface area contributed by atoms with Crippen molar-refractivity contribution >= 4 is 34.9 Å². The van der Waals surface area contributed by atoms with E-state index >= 15 is 0 Å². The maximum atomic E-state index is 14.3. The van der Waals surface area contributed by atoms with E-state index < -0.39 is 46.5 Å². The smallest absolute Gasteiger partial charge is 0.302 e. The van der Waals surface area contributed by atoms with Crippen molar-refractivity contribution in [2.45, 2.75) is 81.3 Å². The summed E-state index contributed by atoms with van der Waals surface area (Å²) in [5, 5.41) is 11.5. The fourth-order valence-electron chi connectivity index (χ4n) is 4.80. The van der Waals surface area contributed by atoms with Crippen molar-refractivity contribution in [3.05, 3.63) is 62.7 Å². The van der Waals surface area contributed by atoms with E-state index in [-0.39, 0.29) is 75.3 Å². The van der Waals surface area contributed by atoms with Gasteiger partial charge in [-0.2, -0.15) is 0 Å². The van der Waals surface area contributed by atoms with Crippen molar-refractivity contribution < 1.29 is 38.6 Å². The van der Waals surface area contributed by atoms with Crippen molar-refractivity contribution in [2.24, 2.45) is 10.8 Å². The summed E-state index contributed by atoms with van der Waals surface area (Å²) in [6.07, 6.45) is 0.207. The molecule has 1 N–H and O–H groups in total. The van der Waals surface area contributed by atoms with Gasteiger partial charge in [0.2, 0.25) is 0 Å². The Balaban J connectivity index is 2.50. The number of phenols is 1. The number of hydrogen-bond donors (Lipinski definition) is 1. The molecule has 3 rings (SSSR count). The molecule has 0 atom stereocenters. The van der Waals surface area contributed by atoms with Gasteiger partial charge in [0.25, 0.3) is 0 Å². The van der Waals surface area contributed by atoms with Crippen LogP contribution in [0.25, 0.3) is 0 Å². The summed E-state index contributed by atoms with van der Waals surface area (Å²) in [4.78, 5) is 79.6. The van der Waals surface area contributed by atoms with Crippen LogP contribution >= 0.6 is 0 Å². The molecule has 0 heterocycles. The zero-order chi connectivity index (χ0) is 30.3. The van der Waals surface area contributed by atoms with Gasteiger partial charge in [-0.15, -0.1) is 0 Å². The molecule has 0 fully saturated rings. The Labute approximate surface area is 234 Å². The minimum absolute atomic E-state index is 0.00128. The lowest BCUT2D eigenvalue weighted by atomic mass is 9.71. The first-order chi connectivity index (χ1) is 18.4. The highest BCUT2D eigenvalue weighted by Crippen LogP contribution is 2.44. The molecule has 0 radical (unpaired) electrons. The maximum Gasteiger partial charge on any atom is 0.302 e. The van der Waals surface area contributed by atoms with E-state index in [1.165, 1.54) is 25.1 Å². The monoisotopic (exact) mass is 548 g/mol. The highest BCUT2D eigenvalue weighted by molar-refractivity contribution is 6.34. The summed E-state index contributed by atoms with van der Waals surface area (Å²) in [5.74, 6) is -3.67. The molecular weight excluding hydrogens is 512 g/mol. The van der Waals surface area contributed by atoms with E-state index in [0.29, 0.717) is 0 Å². The van der Waals surface area contributed by atoms with Crippen LogP contribution in [0, 0.1) is 10.8 Å². The molecule has 0 saturated heterocycles. The Morgan fingerprint density at radius 1 is 0.825 bits per heavy atom. The summed E-state index contributed by atoms with van der Waals surface area (Å²) in [7, 11) is 0. The molecule has 2 aromatic rings. The number of benzene rings is 2. The second kappa shape index (κ2) is 10.9. The van der Waals surface area contributed by atoms with Gasteiger partial charge in [-0.25, -0.2) is 0 Å². The number of Topliss-reactive ketones (excluding diaryl/α,β-unsaturated/α-hetero) is 3. The zero-order valence-electron chi connectivity index (χ0n) is 24.4. The van der Waals surface area contributed by atoms with E-state index in [4.69, 9.17) is 4.74 Å². The minimum atomic E-state index is -1.03. The Kier molecular flexibility index (Phi) is 8.35. The number of aromatic hydroxyl groups is 1. The number of carbonyl (C=O) groups excluding carboxylic acids is 6. The van der Waals surface area contributed by atoms with Crippen LogP contribution < -0.4 is 0 Å². The molecule has 0 amide bonds. The van der Waals surface area contributed by atoms with Gasteiger partial charge < -0.3 is 9.84 Å². The molecule has 0 aliphatic heterocycles. The summed E-state index contributed by atoms with van der Waals surface area (Å²) < 4.78 is 5.18. The largest absolute Gasteiger partial charge is 0.507 e. The van der Waals surface area contributed by atoms with Gasteiger partial charge in [-0.05, 0) is 12.0 Å². The lowest BCUT2D eigenvalue weighted by Gasteiger charge is -2.29. The van der Waals surface area contributed by atoms with Gasteiger partial charge in [0, 0.05) is 64.0 Å². The van der Waals surface area contributed by atoms with Crippen molar-refractivity contribution in [1.82, 2.24) is 0 Å². The normalized spacial score (nSPS) is 13.0. The van der Waals surface area contributed by atoms with Gasteiger partial charge in [0.15, 0.2) is 23.1 Å². The molecule has 8 heteroatoms. The third-order valence-corrected chi connectivity index (χ3v) is 6.98. The minimum Gasteiger partial charge on any atom is -0.507 e. The van der Waals surface area contributed by atoms with E-state index in [0.717, 1.165) is 0 Å². The molecule has 1 aliphatic carbocycles. The lowest BCUT2D eigenvalue weighted by Crippen LogP contribution is -2.33. The van der Waals surface area contributed by atoms with Crippen LogP contribution in [-0.4, -0.2) is 40.0 Å². The van der Waals surface area contributed by atoms with Gasteiger partial charge >= 0.3 is 5.97 Å². The first kappa shape index (κ1) is 30.6. The number of ketones is 5. The maximum absolute atomic E-state index is 14.3. The average molecular weight is 549 g/mol. The van der Waals surface area contributed by atoms with Crippen LogP contribution in [0.5, 0.6) is 5.75 Å². The SMILES string of the molecule is CCC(=O)CCc1c(COC(C)=O)c(O)c2c(c1C(=O)C(C)(C)C)C(=O)c1c(cccc1C(=O)C(C)(C)C)C2=O. The van der Waals surface area contributed by atoms with Crippen LogP contribution in [0.15, 0.2) is 18.2 Å². The topological polar surface area (TPSA) is 132 Å². The van der Waals surface area contributed by atoms with E-state index in [1.807, 2.05) is 0 Å². The Morgan fingerprint density at radius 2 is 1.43 bits per heavy atom. The molecular formula is C32H36O8. The second-order valence-corrected chi connectivity index (χ2v) is 12.1. The van der Waals surface area contributed by atoms with E-state index in [9.17, 15) is 33.9 Å². The Bertz CT molecular complexity index is 1460. The van der Waals surface area contributed by atoms with Crippen molar-refractivity contribution in [2.75, 3.05) is 0 Å². The first-order valence-corrected chi connectivity index (χ1v) is 13.3. The summed E-state index contributed by atoms with van der Waals surface area (Å²) in [6, 6.07) is 4.38. The number of fused-ring (bicyclic) bond motifs is 2. The summed E-state index contributed by atoms with van der Waals surface area (Å²) >= 11 is 0. The van der Waals surface area contributed by atoms with Crippen LogP contribution in [0.1, 0.15) is 132 Å². The van der Waals surface area contributed by atoms with E-state index in [2.05, 4.69) is 0 Å². The van der Waals surface area contributed by atoms with E-state index in [1.54, 1.807) is 48.5 Å². The van der Waals surface area contributed by atoms with Gasteiger partial charge in [0.05, 0.1) is 5.56 Å². The molecule has 40 heavy (non-hydrogen) atoms.